The third-order valence-electron chi connectivity index (χ3n) is 5.05. The number of carbonyl (C=O) groups excluding carboxylic acids is 1. The molecule has 11 heteroatoms. The molecule has 3 aromatic heterocycles. The van der Waals surface area contributed by atoms with Gasteiger partial charge in [-0.25, -0.2) is 9.37 Å². The van der Waals surface area contributed by atoms with E-state index in [-0.39, 0.29) is 40.4 Å². The number of alkyl halides is 3. The fourth-order valence-electron chi connectivity index (χ4n) is 3.39. The van der Waals surface area contributed by atoms with E-state index in [1.165, 1.54) is 24.0 Å². The number of halogens is 4. The molecule has 0 aliphatic rings. The lowest BCUT2D eigenvalue weighted by atomic mass is 10.0. The molecule has 0 spiro atoms. The largest absolute Gasteiger partial charge is 0.434 e. The number of benzene rings is 1. The number of carbonyl (C=O) groups is 1. The zero-order chi connectivity index (χ0) is 24.5. The minimum absolute atomic E-state index is 0.00373. The number of ketones is 1. The Balaban J connectivity index is 1.58. The molecule has 0 aliphatic heterocycles. The molecule has 0 radical (unpaired) electrons. The summed E-state index contributed by atoms with van der Waals surface area (Å²) in [4.78, 5) is 20.7. The molecule has 0 aliphatic carbocycles. The molecule has 0 unspecified atom stereocenters. The highest BCUT2D eigenvalue weighted by atomic mass is 32.1. The number of aryl methyl sites for hydroxylation is 1. The van der Waals surface area contributed by atoms with Gasteiger partial charge in [0.25, 0.3) is 0 Å². The van der Waals surface area contributed by atoms with E-state index in [1.807, 2.05) is 6.07 Å². The van der Waals surface area contributed by atoms with Crippen molar-refractivity contribution in [3.05, 3.63) is 88.2 Å². The number of nitrogens with one attached hydrogen (secondary N) is 1. The minimum Gasteiger partial charge on any atom is -0.304 e. The van der Waals surface area contributed by atoms with E-state index in [2.05, 4.69) is 15.1 Å². The summed E-state index contributed by atoms with van der Waals surface area (Å²) in [6.45, 7) is 0. The van der Waals surface area contributed by atoms with Crippen LogP contribution in [0.4, 0.5) is 17.6 Å². The van der Waals surface area contributed by atoms with Gasteiger partial charge in [-0.3, -0.25) is 14.5 Å². The van der Waals surface area contributed by atoms with E-state index in [1.54, 1.807) is 24.3 Å². The second kappa shape index (κ2) is 9.26. The lowest BCUT2D eigenvalue weighted by molar-refractivity contribution is -0.140. The molecule has 0 amide bonds. The monoisotopic (exact) mass is 487 g/mol. The van der Waals surface area contributed by atoms with Crippen molar-refractivity contribution in [3.63, 3.8) is 0 Å². The molecule has 4 rings (SSSR count). The minimum atomic E-state index is -4.61. The summed E-state index contributed by atoms with van der Waals surface area (Å²) in [5.41, 5.74) is 0.589. The van der Waals surface area contributed by atoms with Gasteiger partial charge in [-0.05, 0) is 17.2 Å². The van der Waals surface area contributed by atoms with E-state index in [0.29, 0.717) is 11.3 Å². The Kier molecular flexibility index (Phi) is 6.38. The second-order valence-electron chi connectivity index (χ2n) is 7.45. The maximum absolute atomic E-state index is 14.5. The normalized spacial score (nSPS) is 11.6. The number of hydrogen-bond acceptors (Lipinski definition) is 6. The SMILES string of the molecule is Cn1ncc(-c2nc(C(F)(F)F)cs2)c1C(=O)Cc1cc(CC(=N)c2ccccc2)ncc1F. The van der Waals surface area contributed by atoms with Crippen molar-refractivity contribution in [3.8, 4) is 10.6 Å². The predicted octanol–water partition coefficient (Wildman–Crippen LogP) is 5.13. The second-order valence-corrected chi connectivity index (χ2v) is 8.31. The van der Waals surface area contributed by atoms with Crippen LogP contribution >= 0.6 is 11.3 Å². The summed E-state index contributed by atoms with van der Waals surface area (Å²) in [7, 11) is 1.48. The zero-order valence-electron chi connectivity index (χ0n) is 17.7. The zero-order valence-corrected chi connectivity index (χ0v) is 18.5. The number of hydrogen-bond donors (Lipinski definition) is 1. The number of pyridine rings is 1. The fourth-order valence-corrected chi connectivity index (χ4v) is 4.23. The van der Waals surface area contributed by atoms with Crippen molar-refractivity contribution in [1.29, 1.82) is 5.41 Å². The van der Waals surface area contributed by atoms with E-state index < -0.39 is 23.5 Å². The smallest absolute Gasteiger partial charge is 0.304 e. The average Bonchev–Trinajstić information content (AvgIpc) is 3.43. The first kappa shape index (κ1) is 23.4. The summed E-state index contributed by atoms with van der Waals surface area (Å²) in [6.07, 6.45) is -2.56. The van der Waals surface area contributed by atoms with Gasteiger partial charge in [-0.2, -0.15) is 18.3 Å². The third-order valence-corrected chi connectivity index (χ3v) is 5.93. The number of thiazole rings is 1. The van der Waals surface area contributed by atoms with Crippen LogP contribution in [0.5, 0.6) is 0 Å². The molecule has 0 bridgehead atoms. The first-order valence-corrected chi connectivity index (χ1v) is 10.9. The van der Waals surface area contributed by atoms with Gasteiger partial charge in [0.05, 0.1) is 18.0 Å². The highest BCUT2D eigenvalue weighted by Crippen LogP contribution is 2.34. The van der Waals surface area contributed by atoms with Crippen LogP contribution in [0.1, 0.15) is 33.0 Å². The van der Waals surface area contributed by atoms with Crippen molar-refractivity contribution in [2.45, 2.75) is 19.0 Å². The fraction of sp³-hybridized carbons (Fsp3) is 0.174. The van der Waals surface area contributed by atoms with Gasteiger partial charge < -0.3 is 5.41 Å². The van der Waals surface area contributed by atoms with Crippen molar-refractivity contribution in [1.82, 2.24) is 19.7 Å². The molecule has 0 atom stereocenters. The van der Waals surface area contributed by atoms with Crippen LogP contribution in [0.25, 0.3) is 10.6 Å². The highest BCUT2D eigenvalue weighted by molar-refractivity contribution is 7.13. The number of rotatable bonds is 7. The highest BCUT2D eigenvalue weighted by Gasteiger charge is 2.34. The van der Waals surface area contributed by atoms with Gasteiger partial charge in [-0.15, -0.1) is 11.3 Å². The van der Waals surface area contributed by atoms with Gasteiger partial charge in [0.1, 0.15) is 16.5 Å². The van der Waals surface area contributed by atoms with Crippen molar-refractivity contribution >= 4 is 22.8 Å². The molecular weight excluding hydrogens is 470 g/mol. The van der Waals surface area contributed by atoms with E-state index >= 15 is 0 Å². The number of nitrogens with zero attached hydrogens (tertiary/aromatic N) is 4. The van der Waals surface area contributed by atoms with Crippen LogP contribution in [-0.4, -0.2) is 31.2 Å². The average molecular weight is 487 g/mol. The van der Waals surface area contributed by atoms with Crippen LogP contribution in [0, 0.1) is 11.2 Å². The maximum Gasteiger partial charge on any atom is 0.434 e. The Labute approximate surface area is 195 Å². The quantitative estimate of drug-likeness (QED) is 0.222. The summed E-state index contributed by atoms with van der Waals surface area (Å²) in [6, 6.07) is 10.4. The van der Waals surface area contributed by atoms with E-state index in [0.717, 1.165) is 22.9 Å². The topological polar surface area (TPSA) is 84.5 Å². The molecule has 0 fully saturated rings. The Morgan fingerprint density at radius 2 is 1.88 bits per heavy atom. The summed E-state index contributed by atoms with van der Waals surface area (Å²) in [5, 5.41) is 13.1. The van der Waals surface area contributed by atoms with Crippen LogP contribution in [0.15, 0.2) is 54.2 Å². The molecule has 1 N–H and O–H groups in total. The number of Topliss-reactive ketones (excluding diaryl/α,β-unsaturated/α-hetero) is 1. The molecule has 174 valence electrons. The Bertz CT molecular complexity index is 1360. The van der Waals surface area contributed by atoms with Gasteiger partial charge in [0.2, 0.25) is 0 Å². The van der Waals surface area contributed by atoms with Crippen LogP contribution in [-0.2, 0) is 26.1 Å². The summed E-state index contributed by atoms with van der Waals surface area (Å²) >= 11 is 0.747. The van der Waals surface area contributed by atoms with E-state index in [4.69, 9.17) is 5.41 Å². The molecule has 4 aromatic rings. The van der Waals surface area contributed by atoms with Gasteiger partial charge in [0.15, 0.2) is 11.5 Å². The molecule has 0 saturated carbocycles. The molecular formula is C23H17F4N5OS. The van der Waals surface area contributed by atoms with Gasteiger partial charge >= 0.3 is 6.18 Å². The lowest BCUT2D eigenvalue weighted by Gasteiger charge is -2.08. The van der Waals surface area contributed by atoms with Crippen molar-refractivity contribution in [2.24, 2.45) is 7.05 Å². The van der Waals surface area contributed by atoms with Gasteiger partial charge in [0, 0.05) is 36.7 Å². The first-order chi connectivity index (χ1) is 16.1. The van der Waals surface area contributed by atoms with Crippen LogP contribution in [0.3, 0.4) is 0 Å². The third kappa shape index (κ3) is 4.93. The first-order valence-electron chi connectivity index (χ1n) is 9.98. The molecule has 6 nitrogen and oxygen atoms in total. The lowest BCUT2D eigenvalue weighted by Crippen LogP contribution is -2.13. The molecule has 34 heavy (non-hydrogen) atoms. The maximum atomic E-state index is 14.5. The Morgan fingerprint density at radius 3 is 2.56 bits per heavy atom. The predicted molar refractivity (Wildman–Crippen MR) is 119 cm³/mol. The molecule has 3 heterocycles. The van der Waals surface area contributed by atoms with Crippen molar-refractivity contribution < 1.29 is 22.4 Å². The summed E-state index contributed by atoms with van der Waals surface area (Å²) < 4.78 is 54.5. The molecule has 1 aromatic carbocycles. The van der Waals surface area contributed by atoms with Gasteiger partial charge in [-0.1, -0.05) is 30.3 Å². The van der Waals surface area contributed by atoms with Crippen molar-refractivity contribution in [2.75, 3.05) is 0 Å². The van der Waals surface area contributed by atoms with Crippen LogP contribution < -0.4 is 0 Å². The Morgan fingerprint density at radius 1 is 1.15 bits per heavy atom. The standard InChI is InChI=1S/C23H17F4N5OS/c1-32-21(16(10-30-32)22-31-20(12-34-22)23(25,26)27)19(33)8-14-7-15(29-11-17(14)24)9-18(28)13-5-3-2-4-6-13/h2-7,10-12,28H,8-9H2,1H3. The number of aromatic nitrogens is 4. The Hall–Kier alpha value is -3.73. The molecule has 0 saturated heterocycles. The van der Waals surface area contributed by atoms with E-state index in [9.17, 15) is 22.4 Å². The van der Waals surface area contributed by atoms with Crippen LogP contribution in [0.2, 0.25) is 0 Å². The summed E-state index contributed by atoms with van der Waals surface area (Å²) in [5.74, 6) is -1.23.